The van der Waals surface area contributed by atoms with E-state index in [1.165, 1.54) is 5.69 Å². The van der Waals surface area contributed by atoms with E-state index in [9.17, 15) is 4.79 Å². The van der Waals surface area contributed by atoms with Crippen molar-refractivity contribution in [3.05, 3.63) is 29.3 Å². The molecule has 0 radical (unpaired) electrons. The van der Waals surface area contributed by atoms with Crippen molar-refractivity contribution in [3.63, 3.8) is 0 Å². The number of anilines is 1. The summed E-state index contributed by atoms with van der Waals surface area (Å²) in [5.74, 6) is 0.309. The van der Waals surface area contributed by atoms with Gasteiger partial charge in [0.1, 0.15) is 0 Å². The number of hydrogen-bond donors (Lipinski definition) is 1. The van der Waals surface area contributed by atoms with Crippen LogP contribution in [0.4, 0.5) is 5.69 Å². The molecular weight excluding hydrogens is 357 g/mol. The summed E-state index contributed by atoms with van der Waals surface area (Å²) in [4.78, 5) is 17.0. The van der Waals surface area contributed by atoms with E-state index in [2.05, 4.69) is 17.1 Å². The number of rotatable bonds is 2. The number of nitrogens with zero attached hydrogens (tertiary/aromatic N) is 2. The Morgan fingerprint density at radius 1 is 1.13 bits per heavy atom. The molecule has 0 bridgehead atoms. The van der Waals surface area contributed by atoms with E-state index in [4.69, 9.17) is 11.6 Å². The third-order valence-corrected chi connectivity index (χ3v) is 4.90. The molecule has 1 aromatic rings. The molecule has 2 aliphatic heterocycles. The Kier molecular flexibility index (Phi) is 7.46. The first-order valence-corrected chi connectivity index (χ1v) is 7.97. The molecule has 2 heterocycles. The number of amides is 1. The summed E-state index contributed by atoms with van der Waals surface area (Å²) in [5.41, 5.74) is 0.975. The summed E-state index contributed by atoms with van der Waals surface area (Å²) in [6.45, 7) is 7.22. The van der Waals surface area contributed by atoms with Crippen LogP contribution in [0.25, 0.3) is 0 Å². The second kappa shape index (κ2) is 8.43. The molecule has 0 spiro atoms. The van der Waals surface area contributed by atoms with Gasteiger partial charge in [0.15, 0.2) is 0 Å². The summed E-state index contributed by atoms with van der Waals surface area (Å²) in [5, 5.41) is 4.06. The molecule has 23 heavy (non-hydrogen) atoms. The summed E-state index contributed by atoms with van der Waals surface area (Å²) < 4.78 is 0. The Bertz CT molecular complexity index is 510. The summed E-state index contributed by atoms with van der Waals surface area (Å²) in [6, 6.07) is 7.92. The van der Waals surface area contributed by atoms with Crippen LogP contribution in [0.15, 0.2) is 24.3 Å². The first-order chi connectivity index (χ1) is 10.1. The monoisotopic (exact) mass is 379 g/mol. The number of carbonyl (C=O) groups excluding carboxylic acids is 1. The predicted octanol–water partition coefficient (Wildman–Crippen LogP) is 2.83. The lowest BCUT2D eigenvalue weighted by Gasteiger charge is -2.39. The van der Waals surface area contributed by atoms with E-state index in [0.717, 1.165) is 50.7 Å². The van der Waals surface area contributed by atoms with Gasteiger partial charge in [-0.3, -0.25) is 4.79 Å². The third kappa shape index (κ3) is 4.44. The molecule has 2 fully saturated rings. The zero-order valence-corrected chi connectivity index (χ0v) is 15.6. The Morgan fingerprint density at radius 3 is 2.26 bits per heavy atom. The molecule has 2 aliphatic rings. The van der Waals surface area contributed by atoms with Crippen molar-refractivity contribution < 1.29 is 4.79 Å². The van der Waals surface area contributed by atoms with Crippen molar-refractivity contribution in [2.75, 3.05) is 44.2 Å². The Morgan fingerprint density at radius 2 is 1.74 bits per heavy atom. The molecule has 4 nitrogen and oxygen atoms in total. The maximum atomic E-state index is 12.7. The van der Waals surface area contributed by atoms with Gasteiger partial charge in [0.25, 0.3) is 0 Å². The molecule has 1 amide bonds. The normalized spacial score (nSPS) is 23.9. The lowest BCUT2D eigenvalue weighted by molar-refractivity contribution is -0.140. The van der Waals surface area contributed by atoms with Crippen LogP contribution in [-0.2, 0) is 4.79 Å². The number of benzene rings is 1. The summed E-state index contributed by atoms with van der Waals surface area (Å²) in [7, 11) is 0. The molecule has 1 aromatic carbocycles. The highest BCUT2D eigenvalue weighted by Crippen LogP contribution is 2.28. The fourth-order valence-corrected chi connectivity index (χ4v) is 3.33. The molecule has 3 rings (SSSR count). The van der Waals surface area contributed by atoms with Crippen LogP contribution >= 0.6 is 36.4 Å². The first kappa shape index (κ1) is 20.4. The van der Waals surface area contributed by atoms with Gasteiger partial charge in [0.05, 0.1) is 5.41 Å². The first-order valence-electron chi connectivity index (χ1n) is 7.59. The second-order valence-corrected chi connectivity index (χ2v) is 6.68. The minimum Gasteiger partial charge on any atom is -0.368 e. The largest absolute Gasteiger partial charge is 0.368 e. The Balaban J connectivity index is 0.00000132. The van der Waals surface area contributed by atoms with Crippen molar-refractivity contribution in [1.82, 2.24) is 10.2 Å². The number of piperazine rings is 1. The molecule has 130 valence electrons. The average molecular weight is 381 g/mol. The van der Waals surface area contributed by atoms with E-state index in [1.54, 1.807) is 0 Å². The Labute approximate surface area is 155 Å². The van der Waals surface area contributed by atoms with E-state index in [-0.39, 0.29) is 30.2 Å². The van der Waals surface area contributed by atoms with Gasteiger partial charge in [0, 0.05) is 43.4 Å². The van der Waals surface area contributed by atoms with Crippen molar-refractivity contribution in [2.24, 2.45) is 5.41 Å². The van der Waals surface area contributed by atoms with Crippen LogP contribution in [0.3, 0.4) is 0 Å². The topological polar surface area (TPSA) is 35.6 Å². The quantitative estimate of drug-likeness (QED) is 0.857. The summed E-state index contributed by atoms with van der Waals surface area (Å²) in [6.07, 6.45) is 0.948. The van der Waals surface area contributed by atoms with Crippen molar-refractivity contribution in [3.8, 4) is 0 Å². The van der Waals surface area contributed by atoms with Crippen LogP contribution in [0.5, 0.6) is 0 Å². The van der Waals surface area contributed by atoms with Gasteiger partial charge in [-0.1, -0.05) is 11.6 Å². The molecule has 0 saturated carbocycles. The molecule has 0 aliphatic carbocycles. The molecule has 1 N–H and O–H groups in total. The standard InChI is InChI=1S/C16H22ClN3O.2ClH/c1-16(6-7-18-12-16)15(21)20-10-8-19(9-11-20)14-4-2-13(17)3-5-14;;/h2-5,18H,6-12H2,1H3;2*1H. The SMILES string of the molecule is CC1(C(=O)N2CCN(c3ccc(Cl)cc3)CC2)CCNC1.Cl.Cl. The van der Waals surface area contributed by atoms with Crippen molar-refractivity contribution in [1.29, 1.82) is 0 Å². The fourth-order valence-electron chi connectivity index (χ4n) is 3.20. The van der Waals surface area contributed by atoms with Gasteiger partial charge in [-0.15, -0.1) is 24.8 Å². The number of hydrogen-bond acceptors (Lipinski definition) is 3. The van der Waals surface area contributed by atoms with E-state index in [1.807, 2.05) is 29.2 Å². The molecule has 1 unspecified atom stereocenters. The number of carbonyl (C=O) groups is 1. The molecule has 2 saturated heterocycles. The predicted molar refractivity (Wildman–Crippen MR) is 100 cm³/mol. The van der Waals surface area contributed by atoms with Crippen LogP contribution in [-0.4, -0.2) is 50.1 Å². The molecule has 1 atom stereocenters. The maximum absolute atomic E-state index is 12.7. The molecule has 0 aromatic heterocycles. The van der Waals surface area contributed by atoms with E-state index in [0.29, 0.717) is 5.91 Å². The minimum atomic E-state index is -0.206. The van der Waals surface area contributed by atoms with Crippen molar-refractivity contribution in [2.45, 2.75) is 13.3 Å². The average Bonchev–Trinajstić information content (AvgIpc) is 2.96. The lowest BCUT2D eigenvalue weighted by Crippen LogP contribution is -2.53. The van der Waals surface area contributed by atoms with E-state index < -0.39 is 0 Å². The van der Waals surface area contributed by atoms with Crippen molar-refractivity contribution >= 4 is 48.0 Å². The van der Waals surface area contributed by atoms with E-state index >= 15 is 0 Å². The third-order valence-electron chi connectivity index (χ3n) is 4.64. The fraction of sp³-hybridized carbons (Fsp3) is 0.562. The van der Waals surface area contributed by atoms with Gasteiger partial charge in [-0.25, -0.2) is 0 Å². The highest BCUT2D eigenvalue weighted by molar-refractivity contribution is 6.30. The summed E-state index contributed by atoms with van der Waals surface area (Å²) >= 11 is 5.93. The molecule has 7 heteroatoms. The highest BCUT2D eigenvalue weighted by atomic mass is 35.5. The minimum absolute atomic E-state index is 0. The van der Waals surface area contributed by atoms with Gasteiger partial charge in [-0.05, 0) is 44.2 Å². The van der Waals surface area contributed by atoms with Gasteiger partial charge in [-0.2, -0.15) is 0 Å². The zero-order valence-electron chi connectivity index (χ0n) is 13.3. The van der Waals surface area contributed by atoms with Gasteiger partial charge >= 0.3 is 0 Å². The second-order valence-electron chi connectivity index (χ2n) is 6.24. The van der Waals surface area contributed by atoms with Crippen LogP contribution < -0.4 is 10.2 Å². The Hall–Kier alpha value is -0.680. The zero-order chi connectivity index (χ0) is 14.9. The van der Waals surface area contributed by atoms with Gasteiger partial charge in [0.2, 0.25) is 5.91 Å². The number of nitrogens with one attached hydrogen (secondary N) is 1. The number of halogens is 3. The van der Waals surface area contributed by atoms with Gasteiger partial charge < -0.3 is 15.1 Å². The molecular formula is C16H24Cl3N3O. The van der Waals surface area contributed by atoms with Crippen LogP contribution in [0.2, 0.25) is 5.02 Å². The smallest absolute Gasteiger partial charge is 0.229 e. The van der Waals surface area contributed by atoms with Crippen LogP contribution in [0, 0.1) is 5.41 Å². The lowest BCUT2D eigenvalue weighted by atomic mass is 9.88. The van der Waals surface area contributed by atoms with Crippen LogP contribution in [0.1, 0.15) is 13.3 Å². The maximum Gasteiger partial charge on any atom is 0.229 e. The highest BCUT2D eigenvalue weighted by Gasteiger charge is 2.39.